The third kappa shape index (κ3) is 3.44. The molecule has 0 heterocycles. The number of nitrogen functional groups attached to an aromatic ring is 1. The average molecular weight is 310 g/mol. The molecule has 0 saturated heterocycles. The van der Waals surface area contributed by atoms with Gasteiger partial charge in [-0.15, -0.1) is 0 Å². The lowest BCUT2D eigenvalue weighted by Crippen LogP contribution is -2.06. The maximum Gasteiger partial charge on any atom is 0.338 e. The van der Waals surface area contributed by atoms with E-state index in [4.69, 9.17) is 33.7 Å². The van der Waals surface area contributed by atoms with Gasteiger partial charge < -0.3 is 10.5 Å². The zero-order valence-electron chi connectivity index (χ0n) is 10.8. The van der Waals surface area contributed by atoms with Crippen LogP contribution in [-0.4, -0.2) is 5.97 Å². The van der Waals surface area contributed by atoms with Gasteiger partial charge in [-0.2, -0.15) is 0 Å². The molecular weight excluding hydrogens is 297 g/mol. The Morgan fingerprint density at radius 3 is 2.60 bits per heavy atom. The molecule has 0 aromatic heterocycles. The van der Waals surface area contributed by atoms with Crippen LogP contribution < -0.4 is 5.73 Å². The van der Waals surface area contributed by atoms with E-state index < -0.39 is 5.97 Å². The topological polar surface area (TPSA) is 52.3 Å². The van der Waals surface area contributed by atoms with Crippen LogP contribution in [0.5, 0.6) is 0 Å². The van der Waals surface area contributed by atoms with Crippen LogP contribution in [0.4, 0.5) is 5.69 Å². The van der Waals surface area contributed by atoms with Gasteiger partial charge in [0.05, 0.1) is 5.56 Å². The Morgan fingerprint density at radius 1 is 1.20 bits per heavy atom. The minimum Gasteiger partial charge on any atom is -0.457 e. The van der Waals surface area contributed by atoms with Gasteiger partial charge in [0.25, 0.3) is 0 Å². The fraction of sp³-hybridized carbons (Fsp3) is 0.133. The molecule has 5 heteroatoms. The van der Waals surface area contributed by atoms with Gasteiger partial charge >= 0.3 is 5.97 Å². The fourth-order valence-electron chi connectivity index (χ4n) is 1.67. The first-order chi connectivity index (χ1) is 9.47. The zero-order chi connectivity index (χ0) is 14.7. The largest absolute Gasteiger partial charge is 0.457 e. The van der Waals surface area contributed by atoms with Gasteiger partial charge in [0.1, 0.15) is 6.61 Å². The molecule has 0 fully saturated rings. The summed E-state index contributed by atoms with van der Waals surface area (Å²) in [6.07, 6.45) is 0. The number of hydrogen-bond donors (Lipinski definition) is 1. The first kappa shape index (κ1) is 14.7. The van der Waals surface area contributed by atoms with Crippen molar-refractivity contribution in [3.05, 3.63) is 63.1 Å². The maximum absolute atomic E-state index is 11.9. The number of anilines is 1. The molecule has 20 heavy (non-hydrogen) atoms. The van der Waals surface area contributed by atoms with Crippen LogP contribution in [0.25, 0.3) is 0 Å². The van der Waals surface area contributed by atoms with Crippen molar-refractivity contribution in [2.75, 3.05) is 5.73 Å². The zero-order valence-corrected chi connectivity index (χ0v) is 12.3. The van der Waals surface area contributed by atoms with E-state index in [1.165, 1.54) is 0 Å². The molecule has 2 rings (SSSR count). The lowest BCUT2D eigenvalue weighted by Gasteiger charge is -2.08. The Kier molecular flexibility index (Phi) is 4.53. The second-order valence-electron chi connectivity index (χ2n) is 4.38. The summed E-state index contributed by atoms with van der Waals surface area (Å²) in [5.41, 5.74) is 8.35. The molecule has 0 amide bonds. The summed E-state index contributed by atoms with van der Waals surface area (Å²) in [4.78, 5) is 11.9. The van der Waals surface area contributed by atoms with Gasteiger partial charge in [0, 0.05) is 21.3 Å². The maximum atomic E-state index is 11.9. The highest BCUT2D eigenvalue weighted by atomic mass is 35.5. The summed E-state index contributed by atoms with van der Waals surface area (Å²) >= 11 is 11.8. The summed E-state index contributed by atoms with van der Waals surface area (Å²) in [5.74, 6) is -0.417. The summed E-state index contributed by atoms with van der Waals surface area (Å²) in [6.45, 7) is 1.93. The van der Waals surface area contributed by atoms with Crippen molar-refractivity contribution in [2.45, 2.75) is 13.5 Å². The number of aryl methyl sites for hydroxylation is 1. The van der Waals surface area contributed by atoms with Crippen molar-refractivity contribution in [3.8, 4) is 0 Å². The normalized spacial score (nSPS) is 10.3. The first-order valence-electron chi connectivity index (χ1n) is 5.94. The third-order valence-corrected chi connectivity index (χ3v) is 3.47. The van der Waals surface area contributed by atoms with Gasteiger partial charge in [-0.3, -0.25) is 0 Å². The first-order valence-corrected chi connectivity index (χ1v) is 6.70. The molecule has 104 valence electrons. The van der Waals surface area contributed by atoms with E-state index in [1.807, 2.05) is 6.92 Å². The number of carbonyl (C=O) groups is 1. The number of nitrogens with two attached hydrogens (primary N) is 1. The highest BCUT2D eigenvalue weighted by Gasteiger charge is 2.10. The molecule has 0 spiro atoms. The molecule has 3 nitrogen and oxygen atoms in total. The SMILES string of the molecule is Cc1cc(C(=O)OCc2ccc(Cl)cc2Cl)ccc1N. The van der Waals surface area contributed by atoms with Gasteiger partial charge in [-0.1, -0.05) is 29.3 Å². The van der Waals surface area contributed by atoms with Crippen molar-refractivity contribution in [3.63, 3.8) is 0 Å². The van der Waals surface area contributed by atoms with Crippen LogP contribution in [0.15, 0.2) is 36.4 Å². The van der Waals surface area contributed by atoms with E-state index in [1.54, 1.807) is 36.4 Å². The molecule has 0 unspecified atom stereocenters. The molecule has 0 aliphatic heterocycles. The molecule has 0 bridgehead atoms. The number of hydrogen-bond acceptors (Lipinski definition) is 3. The number of rotatable bonds is 3. The number of ether oxygens (including phenoxy) is 1. The van der Waals surface area contributed by atoms with E-state index in [0.29, 0.717) is 26.9 Å². The van der Waals surface area contributed by atoms with Gasteiger partial charge in [0.2, 0.25) is 0 Å². The predicted molar refractivity (Wildman–Crippen MR) is 81.2 cm³/mol. The Balaban J connectivity index is 2.06. The second-order valence-corrected chi connectivity index (χ2v) is 5.23. The van der Waals surface area contributed by atoms with E-state index in [2.05, 4.69) is 0 Å². The summed E-state index contributed by atoms with van der Waals surface area (Å²) in [6, 6.07) is 10.0. The predicted octanol–water partition coefficient (Wildman–Crippen LogP) is 4.24. The minimum absolute atomic E-state index is 0.0955. The fourth-order valence-corrected chi connectivity index (χ4v) is 2.13. The minimum atomic E-state index is -0.417. The summed E-state index contributed by atoms with van der Waals surface area (Å²) in [5, 5.41) is 1.01. The molecule has 0 radical (unpaired) electrons. The van der Waals surface area contributed by atoms with E-state index in [0.717, 1.165) is 5.56 Å². The van der Waals surface area contributed by atoms with Crippen LogP contribution in [0.1, 0.15) is 21.5 Å². The van der Waals surface area contributed by atoms with Gasteiger partial charge in [-0.25, -0.2) is 4.79 Å². The standard InChI is InChI=1S/C15H13Cl2NO2/c1-9-6-10(3-5-14(9)18)15(19)20-8-11-2-4-12(16)7-13(11)17/h2-7H,8,18H2,1H3. The molecular formula is C15H13Cl2NO2. The Bertz CT molecular complexity index is 656. The number of carbonyl (C=O) groups excluding carboxylic acids is 1. The van der Waals surface area contributed by atoms with Gasteiger partial charge in [0.15, 0.2) is 0 Å². The van der Waals surface area contributed by atoms with Crippen LogP contribution in [0.2, 0.25) is 10.0 Å². The number of esters is 1. The van der Waals surface area contributed by atoms with Crippen LogP contribution in [0.3, 0.4) is 0 Å². The second kappa shape index (κ2) is 6.16. The third-order valence-electron chi connectivity index (χ3n) is 2.88. The quantitative estimate of drug-likeness (QED) is 0.681. The van der Waals surface area contributed by atoms with E-state index in [-0.39, 0.29) is 6.61 Å². The monoisotopic (exact) mass is 309 g/mol. The lowest BCUT2D eigenvalue weighted by molar-refractivity contribution is 0.0473. The molecule has 2 aromatic carbocycles. The molecule has 0 atom stereocenters. The average Bonchev–Trinajstić information content (AvgIpc) is 2.40. The van der Waals surface area contributed by atoms with Crippen LogP contribution in [-0.2, 0) is 11.3 Å². The van der Waals surface area contributed by atoms with Crippen molar-refractivity contribution in [2.24, 2.45) is 0 Å². The molecule has 2 N–H and O–H groups in total. The highest BCUT2D eigenvalue weighted by molar-refractivity contribution is 6.35. The molecule has 2 aromatic rings. The van der Waals surface area contributed by atoms with Crippen molar-refractivity contribution in [1.82, 2.24) is 0 Å². The van der Waals surface area contributed by atoms with Gasteiger partial charge in [-0.05, 0) is 42.8 Å². The Labute approximate surface area is 127 Å². The van der Waals surface area contributed by atoms with Crippen LogP contribution >= 0.6 is 23.2 Å². The number of benzene rings is 2. The van der Waals surface area contributed by atoms with Crippen molar-refractivity contribution in [1.29, 1.82) is 0 Å². The summed E-state index contributed by atoms with van der Waals surface area (Å²) in [7, 11) is 0. The van der Waals surface area contributed by atoms with Crippen molar-refractivity contribution < 1.29 is 9.53 Å². The van der Waals surface area contributed by atoms with E-state index in [9.17, 15) is 4.79 Å². The van der Waals surface area contributed by atoms with E-state index >= 15 is 0 Å². The molecule has 0 aliphatic carbocycles. The summed E-state index contributed by atoms with van der Waals surface area (Å²) < 4.78 is 5.22. The number of halogens is 2. The van der Waals surface area contributed by atoms with Crippen LogP contribution in [0, 0.1) is 6.92 Å². The highest BCUT2D eigenvalue weighted by Crippen LogP contribution is 2.22. The Morgan fingerprint density at radius 2 is 1.95 bits per heavy atom. The molecule has 0 aliphatic rings. The molecule has 0 saturated carbocycles. The smallest absolute Gasteiger partial charge is 0.338 e. The lowest BCUT2D eigenvalue weighted by atomic mass is 10.1. The Hall–Kier alpha value is -1.71. The van der Waals surface area contributed by atoms with Crippen molar-refractivity contribution >= 4 is 34.9 Å².